The molecule has 1 fully saturated rings. The Bertz CT molecular complexity index is 548. The second-order valence-electron chi connectivity index (χ2n) is 4.08. The van der Waals surface area contributed by atoms with E-state index >= 15 is 0 Å². The number of nitrogen functional groups attached to an aromatic ring is 1. The lowest BCUT2D eigenvalue weighted by molar-refractivity contribution is 0.122. The molecular weight excluding hydrogens is 236 g/mol. The molecule has 90 valence electrons. The number of nitrogens with two attached hydrogens (primary N) is 1. The van der Waals surface area contributed by atoms with Crippen LogP contribution in [0.25, 0.3) is 10.2 Å². The van der Waals surface area contributed by atoms with E-state index in [2.05, 4.69) is 27.9 Å². The van der Waals surface area contributed by atoms with Gasteiger partial charge in [-0.2, -0.15) is 4.98 Å². The van der Waals surface area contributed by atoms with Crippen LogP contribution in [-0.2, 0) is 4.74 Å². The van der Waals surface area contributed by atoms with Gasteiger partial charge in [-0.1, -0.05) is 0 Å². The van der Waals surface area contributed by atoms with Gasteiger partial charge in [-0.05, 0) is 13.0 Å². The Hall–Kier alpha value is -1.40. The first-order chi connectivity index (χ1) is 8.24. The van der Waals surface area contributed by atoms with Crippen molar-refractivity contribution in [2.24, 2.45) is 0 Å². The van der Waals surface area contributed by atoms with E-state index in [0.717, 1.165) is 42.3 Å². The van der Waals surface area contributed by atoms with Gasteiger partial charge in [-0.15, -0.1) is 11.3 Å². The lowest BCUT2D eigenvalue weighted by Gasteiger charge is -2.28. The maximum Gasteiger partial charge on any atom is 0.222 e. The Morgan fingerprint density at radius 3 is 2.88 bits per heavy atom. The van der Waals surface area contributed by atoms with Gasteiger partial charge >= 0.3 is 0 Å². The lowest BCUT2D eigenvalue weighted by atomic mass is 10.3. The third-order valence-electron chi connectivity index (χ3n) is 2.80. The van der Waals surface area contributed by atoms with Crippen LogP contribution in [0.15, 0.2) is 6.07 Å². The molecule has 0 spiro atoms. The number of rotatable bonds is 1. The van der Waals surface area contributed by atoms with Crippen molar-refractivity contribution in [3.8, 4) is 0 Å². The topological polar surface area (TPSA) is 64.3 Å². The van der Waals surface area contributed by atoms with E-state index in [0.29, 0.717) is 5.95 Å². The van der Waals surface area contributed by atoms with Crippen molar-refractivity contribution in [3.05, 3.63) is 10.9 Å². The SMILES string of the molecule is Cc1cc2nc(N)nc(N3CCOCC3)c2s1. The van der Waals surface area contributed by atoms with Crippen LogP contribution in [0, 0.1) is 6.92 Å². The highest BCUT2D eigenvalue weighted by Gasteiger charge is 2.18. The summed E-state index contributed by atoms with van der Waals surface area (Å²) in [5.74, 6) is 1.30. The van der Waals surface area contributed by atoms with Crippen molar-refractivity contribution < 1.29 is 4.74 Å². The predicted octanol–water partition coefficient (Wildman–Crippen LogP) is 1.42. The first-order valence-corrected chi connectivity index (χ1v) is 6.42. The minimum atomic E-state index is 0.344. The summed E-state index contributed by atoms with van der Waals surface area (Å²) in [6.45, 7) is 5.29. The third-order valence-corrected chi connectivity index (χ3v) is 3.84. The van der Waals surface area contributed by atoms with Crippen LogP contribution >= 0.6 is 11.3 Å². The molecule has 1 saturated heterocycles. The normalized spacial score (nSPS) is 16.6. The van der Waals surface area contributed by atoms with E-state index in [1.54, 1.807) is 11.3 Å². The summed E-state index contributed by atoms with van der Waals surface area (Å²) in [5, 5.41) is 0. The van der Waals surface area contributed by atoms with Crippen molar-refractivity contribution in [2.45, 2.75) is 6.92 Å². The van der Waals surface area contributed by atoms with Crippen LogP contribution in [0.4, 0.5) is 11.8 Å². The number of anilines is 2. The number of ether oxygens (including phenoxy) is 1. The van der Waals surface area contributed by atoms with Crippen molar-refractivity contribution >= 4 is 33.3 Å². The molecule has 0 bridgehead atoms. The van der Waals surface area contributed by atoms with E-state index in [4.69, 9.17) is 10.5 Å². The van der Waals surface area contributed by atoms with Gasteiger partial charge in [0.15, 0.2) is 5.82 Å². The summed E-state index contributed by atoms with van der Waals surface area (Å²) in [4.78, 5) is 12.1. The Kier molecular flexibility index (Phi) is 2.60. The maximum absolute atomic E-state index is 5.77. The molecular formula is C11H14N4OS. The van der Waals surface area contributed by atoms with Crippen LogP contribution in [0.1, 0.15) is 4.88 Å². The fourth-order valence-electron chi connectivity index (χ4n) is 2.04. The number of hydrogen-bond donors (Lipinski definition) is 1. The molecule has 2 aromatic rings. The summed E-state index contributed by atoms with van der Waals surface area (Å²) >= 11 is 1.72. The number of aryl methyl sites for hydroxylation is 1. The first kappa shape index (κ1) is 10.7. The van der Waals surface area contributed by atoms with E-state index in [-0.39, 0.29) is 0 Å². The first-order valence-electron chi connectivity index (χ1n) is 5.60. The third kappa shape index (κ3) is 1.94. The second-order valence-corrected chi connectivity index (χ2v) is 5.33. The number of thiophene rings is 1. The average molecular weight is 250 g/mol. The van der Waals surface area contributed by atoms with Gasteiger partial charge in [0.05, 0.1) is 23.4 Å². The number of hydrogen-bond acceptors (Lipinski definition) is 6. The quantitative estimate of drug-likeness (QED) is 0.829. The Morgan fingerprint density at radius 2 is 2.12 bits per heavy atom. The van der Waals surface area contributed by atoms with Crippen molar-refractivity contribution in [3.63, 3.8) is 0 Å². The van der Waals surface area contributed by atoms with E-state index in [1.807, 2.05) is 0 Å². The molecule has 3 rings (SSSR count). The highest BCUT2D eigenvalue weighted by Crippen LogP contribution is 2.32. The number of nitrogens with zero attached hydrogens (tertiary/aromatic N) is 3. The molecule has 3 heterocycles. The van der Waals surface area contributed by atoms with E-state index in [9.17, 15) is 0 Å². The average Bonchev–Trinajstić information content (AvgIpc) is 2.69. The summed E-state index contributed by atoms with van der Waals surface area (Å²) in [5.41, 5.74) is 6.71. The van der Waals surface area contributed by atoms with Crippen molar-refractivity contribution in [2.75, 3.05) is 36.9 Å². The molecule has 6 heteroatoms. The summed E-state index contributed by atoms with van der Waals surface area (Å²) in [6, 6.07) is 2.06. The summed E-state index contributed by atoms with van der Waals surface area (Å²) in [7, 11) is 0. The van der Waals surface area contributed by atoms with Gasteiger partial charge in [0.1, 0.15) is 0 Å². The molecule has 0 unspecified atom stereocenters. The van der Waals surface area contributed by atoms with Crippen molar-refractivity contribution in [1.29, 1.82) is 0 Å². The molecule has 2 aromatic heterocycles. The van der Waals surface area contributed by atoms with Crippen LogP contribution < -0.4 is 10.6 Å². The summed E-state index contributed by atoms with van der Waals surface area (Å²) < 4.78 is 6.48. The van der Waals surface area contributed by atoms with Gasteiger partial charge in [0, 0.05) is 18.0 Å². The lowest BCUT2D eigenvalue weighted by Crippen LogP contribution is -2.36. The van der Waals surface area contributed by atoms with Crippen LogP contribution in [0.3, 0.4) is 0 Å². The molecule has 0 atom stereocenters. The molecule has 1 aliphatic heterocycles. The second kappa shape index (κ2) is 4.12. The molecule has 0 aromatic carbocycles. The highest BCUT2D eigenvalue weighted by atomic mass is 32.1. The Labute approximate surface area is 103 Å². The van der Waals surface area contributed by atoms with E-state index < -0.39 is 0 Å². The molecule has 5 nitrogen and oxygen atoms in total. The molecule has 0 amide bonds. The zero-order valence-corrected chi connectivity index (χ0v) is 10.5. The largest absolute Gasteiger partial charge is 0.378 e. The maximum atomic E-state index is 5.77. The number of aromatic nitrogens is 2. The number of morpholine rings is 1. The highest BCUT2D eigenvalue weighted by molar-refractivity contribution is 7.19. The van der Waals surface area contributed by atoms with Crippen molar-refractivity contribution in [1.82, 2.24) is 9.97 Å². The van der Waals surface area contributed by atoms with Gasteiger partial charge in [-0.25, -0.2) is 4.98 Å². The van der Waals surface area contributed by atoms with Crippen LogP contribution in [0.5, 0.6) is 0 Å². The molecule has 17 heavy (non-hydrogen) atoms. The predicted molar refractivity (Wildman–Crippen MR) is 69.6 cm³/mol. The Balaban J connectivity index is 2.12. The fourth-order valence-corrected chi connectivity index (χ4v) is 3.01. The standard InChI is InChI=1S/C11H14N4OS/c1-7-6-8-9(17-7)10(14-11(12)13-8)15-2-4-16-5-3-15/h6H,2-5H2,1H3,(H2,12,13,14). The smallest absolute Gasteiger partial charge is 0.222 e. The zero-order valence-electron chi connectivity index (χ0n) is 9.64. The fraction of sp³-hybridized carbons (Fsp3) is 0.455. The summed E-state index contributed by atoms with van der Waals surface area (Å²) in [6.07, 6.45) is 0. The number of fused-ring (bicyclic) bond motifs is 1. The van der Waals surface area contributed by atoms with Gasteiger partial charge in [-0.3, -0.25) is 0 Å². The zero-order chi connectivity index (χ0) is 11.8. The molecule has 1 aliphatic rings. The minimum absolute atomic E-state index is 0.344. The van der Waals surface area contributed by atoms with Crippen LogP contribution in [-0.4, -0.2) is 36.3 Å². The van der Waals surface area contributed by atoms with Gasteiger partial charge in [0.25, 0.3) is 0 Å². The van der Waals surface area contributed by atoms with E-state index in [1.165, 1.54) is 4.88 Å². The Morgan fingerprint density at radius 1 is 1.35 bits per heavy atom. The molecule has 2 N–H and O–H groups in total. The van der Waals surface area contributed by atoms with Crippen LogP contribution in [0.2, 0.25) is 0 Å². The molecule has 0 aliphatic carbocycles. The van der Waals surface area contributed by atoms with Gasteiger partial charge in [0.2, 0.25) is 5.95 Å². The van der Waals surface area contributed by atoms with Gasteiger partial charge < -0.3 is 15.4 Å². The monoisotopic (exact) mass is 250 g/mol. The minimum Gasteiger partial charge on any atom is -0.378 e. The molecule has 0 radical (unpaired) electrons. The molecule has 0 saturated carbocycles.